The summed E-state index contributed by atoms with van der Waals surface area (Å²) in [5.41, 5.74) is 11.2. The highest BCUT2D eigenvalue weighted by atomic mass is 14.3. The van der Waals surface area contributed by atoms with Gasteiger partial charge in [0.15, 0.2) is 0 Å². The Morgan fingerprint density at radius 2 is 0.523 bits per heavy atom. The first-order valence-corrected chi connectivity index (χ1v) is 15.3. The van der Waals surface area contributed by atoms with Gasteiger partial charge in [0.1, 0.15) is 0 Å². The van der Waals surface area contributed by atoms with E-state index in [4.69, 9.17) is 0 Å². The highest BCUT2D eigenvalue weighted by molar-refractivity contribution is 6.88. The summed E-state index contributed by atoms with van der Waals surface area (Å²) in [5, 5.41) is -0.519. The fourth-order valence-electron chi connectivity index (χ4n) is 6.80. The molecule has 0 radical (unpaired) electrons. The lowest BCUT2D eigenvalue weighted by Crippen LogP contribution is -2.59. The van der Waals surface area contributed by atoms with E-state index in [0.717, 1.165) is 0 Å². The molecule has 0 bridgehead atoms. The molecule has 0 aliphatic rings. The van der Waals surface area contributed by atoms with E-state index in [1.165, 1.54) is 49.9 Å². The van der Waals surface area contributed by atoms with Crippen molar-refractivity contribution in [3.8, 4) is 22.3 Å². The van der Waals surface area contributed by atoms with Crippen LogP contribution in [-0.2, 0) is 5.31 Å². The predicted octanol–water partition coefficient (Wildman–Crippen LogP) is 9.20. The van der Waals surface area contributed by atoms with Gasteiger partial charge in [0, 0.05) is 5.31 Å². The largest absolute Gasteiger partial charge is 0.229 e. The summed E-state index contributed by atoms with van der Waals surface area (Å²) in [5.74, 6) is 0. The minimum Gasteiger partial charge on any atom is -0.0724 e. The van der Waals surface area contributed by atoms with Crippen molar-refractivity contribution in [3.05, 3.63) is 217 Å². The van der Waals surface area contributed by atoms with Gasteiger partial charge in [0.05, 0.1) is 0 Å². The van der Waals surface area contributed by atoms with Crippen LogP contribution < -0.4 is 10.9 Å². The van der Waals surface area contributed by atoms with Gasteiger partial charge < -0.3 is 0 Å². The van der Waals surface area contributed by atoms with E-state index in [-0.39, 0.29) is 6.71 Å². The second-order valence-corrected chi connectivity index (χ2v) is 11.3. The van der Waals surface area contributed by atoms with Crippen molar-refractivity contribution in [1.29, 1.82) is 0 Å². The van der Waals surface area contributed by atoms with Crippen molar-refractivity contribution in [2.24, 2.45) is 0 Å². The van der Waals surface area contributed by atoms with Crippen LogP contribution >= 0.6 is 0 Å². The van der Waals surface area contributed by atoms with Crippen LogP contribution in [0.4, 0.5) is 0 Å². The lowest BCUT2D eigenvalue weighted by molar-refractivity contribution is 0.859. The molecule has 0 saturated carbocycles. The van der Waals surface area contributed by atoms with Gasteiger partial charge in [-0.2, -0.15) is 0 Å². The Balaban J connectivity index is 1.53. The highest BCUT2D eigenvalue weighted by Crippen LogP contribution is 2.43. The van der Waals surface area contributed by atoms with Crippen molar-refractivity contribution in [2.45, 2.75) is 5.31 Å². The summed E-state index contributed by atoms with van der Waals surface area (Å²) >= 11 is 0. The van der Waals surface area contributed by atoms with Crippen molar-refractivity contribution >= 4 is 17.6 Å². The molecule has 0 aliphatic heterocycles. The normalized spacial score (nSPS) is 11.2. The van der Waals surface area contributed by atoms with Gasteiger partial charge in [0.25, 0.3) is 0 Å². The SMILES string of the molecule is c1ccc(B(c2ccccc2)C(c2ccccc2)(c2ccc(-c3ccccc3)cc2)c2ccc(-c3ccccc3)cc2)cc1. The summed E-state index contributed by atoms with van der Waals surface area (Å²) in [6.45, 7) is 0.0115. The molecular weight excluding hydrogens is 527 g/mol. The summed E-state index contributed by atoms with van der Waals surface area (Å²) < 4.78 is 0. The monoisotopic (exact) mass is 560 g/mol. The molecule has 0 fully saturated rings. The molecule has 0 nitrogen and oxygen atoms in total. The molecule has 7 aromatic rings. The van der Waals surface area contributed by atoms with E-state index in [1.54, 1.807) is 0 Å². The molecule has 1 heteroatoms. The van der Waals surface area contributed by atoms with E-state index in [9.17, 15) is 0 Å². The van der Waals surface area contributed by atoms with Gasteiger partial charge in [0.2, 0.25) is 6.71 Å². The third-order valence-electron chi connectivity index (χ3n) is 8.82. The Hall–Kier alpha value is -5.40. The minimum atomic E-state index is -0.519. The van der Waals surface area contributed by atoms with Crippen LogP contribution in [0.5, 0.6) is 0 Å². The lowest BCUT2D eigenvalue weighted by atomic mass is 9.23. The van der Waals surface area contributed by atoms with E-state index in [1.807, 2.05) is 0 Å². The molecule has 0 atom stereocenters. The third kappa shape index (κ3) is 5.18. The van der Waals surface area contributed by atoms with Crippen molar-refractivity contribution in [3.63, 3.8) is 0 Å². The molecule has 44 heavy (non-hydrogen) atoms. The van der Waals surface area contributed by atoms with E-state index >= 15 is 0 Å². The Morgan fingerprint density at radius 3 is 0.886 bits per heavy atom. The average molecular weight is 561 g/mol. The number of hydrogen-bond donors (Lipinski definition) is 0. The molecule has 0 aliphatic carbocycles. The fourth-order valence-corrected chi connectivity index (χ4v) is 6.80. The first-order valence-electron chi connectivity index (χ1n) is 15.3. The maximum Gasteiger partial charge on any atom is 0.229 e. The van der Waals surface area contributed by atoms with Crippen LogP contribution in [0, 0.1) is 0 Å². The fraction of sp³-hybridized carbons (Fsp3) is 0.0233. The molecule has 0 saturated heterocycles. The first kappa shape index (κ1) is 27.4. The predicted molar refractivity (Wildman–Crippen MR) is 188 cm³/mol. The van der Waals surface area contributed by atoms with E-state index in [2.05, 4.69) is 200 Å². The minimum absolute atomic E-state index is 0.0115. The maximum atomic E-state index is 2.35. The third-order valence-corrected chi connectivity index (χ3v) is 8.82. The number of benzene rings is 7. The van der Waals surface area contributed by atoms with Gasteiger partial charge in [-0.1, -0.05) is 211 Å². The zero-order valence-electron chi connectivity index (χ0n) is 24.6. The molecule has 7 aromatic carbocycles. The molecule has 0 aromatic heterocycles. The van der Waals surface area contributed by atoms with Gasteiger partial charge in [-0.15, -0.1) is 0 Å². The average Bonchev–Trinajstić information content (AvgIpc) is 3.13. The standard InChI is InChI=1S/C43H33B/c1-6-16-34(17-7-1)36-26-30-39(31-27-36)43(38-20-10-3-11-21-38,40-32-28-37(29-33-40)35-18-8-2-9-19-35)44(41-22-12-4-13-23-41)42-24-14-5-15-25-42/h1-33H. The summed E-state index contributed by atoms with van der Waals surface area (Å²) in [4.78, 5) is 0. The number of hydrogen-bond acceptors (Lipinski definition) is 0. The molecule has 7 rings (SSSR count). The highest BCUT2D eigenvalue weighted by Gasteiger charge is 2.47. The molecule has 208 valence electrons. The van der Waals surface area contributed by atoms with Crippen molar-refractivity contribution in [1.82, 2.24) is 0 Å². The molecule has 0 spiro atoms. The Bertz CT molecular complexity index is 1780. The summed E-state index contributed by atoms with van der Waals surface area (Å²) in [7, 11) is 0. The van der Waals surface area contributed by atoms with Crippen LogP contribution in [0.1, 0.15) is 16.7 Å². The maximum absolute atomic E-state index is 2.35. The van der Waals surface area contributed by atoms with Gasteiger partial charge in [-0.3, -0.25) is 0 Å². The van der Waals surface area contributed by atoms with Crippen LogP contribution in [0.2, 0.25) is 0 Å². The Labute approximate surface area is 261 Å². The molecular formula is C43H33B. The Kier molecular flexibility index (Phi) is 7.77. The van der Waals surface area contributed by atoms with Gasteiger partial charge in [-0.25, -0.2) is 0 Å². The molecule has 0 amide bonds. The summed E-state index contributed by atoms with van der Waals surface area (Å²) in [6.07, 6.45) is 0. The van der Waals surface area contributed by atoms with Crippen molar-refractivity contribution in [2.75, 3.05) is 0 Å². The van der Waals surface area contributed by atoms with Crippen LogP contribution in [0.25, 0.3) is 22.3 Å². The van der Waals surface area contributed by atoms with Gasteiger partial charge in [-0.05, 0) is 38.9 Å². The summed E-state index contributed by atoms with van der Waals surface area (Å²) in [6, 6.07) is 72.9. The topological polar surface area (TPSA) is 0 Å². The van der Waals surface area contributed by atoms with Crippen LogP contribution in [0.3, 0.4) is 0 Å². The van der Waals surface area contributed by atoms with E-state index in [0.29, 0.717) is 0 Å². The first-order chi connectivity index (χ1) is 21.8. The number of rotatable bonds is 8. The second-order valence-electron chi connectivity index (χ2n) is 11.3. The Morgan fingerprint density at radius 1 is 0.250 bits per heavy atom. The lowest BCUT2D eigenvalue weighted by Gasteiger charge is -2.42. The molecule has 0 N–H and O–H groups in total. The molecule has 0 heterocycles. The zero-order valence-corrected chi connectivity index (χ0v) is 24.6. The van der Waals surface area contributed by atoms with Crippen LogP contribution in [0.15, 0.2) is 200 Å². The molecule has 0 unspecified atom stereocenters. The van der Waals surface area contributed by atoms with Gasteiger partial charge >= 0.3 is 0 Å². The van der Waals surface area contributed by atoms with Crippen LogP contribution in [-0.4, -0.2) is 6.71 Å². The van der Waals surface area contributed by atoms with E-state index < -0.39 is 5.31 Å². The quantitative estimate of drug-likeness (QED) is 0.128. The smallest absolute Gasteiger partial charge is 0.0724 e. The second kappa shape index (κ2) is 12.5. The van der Waals surface area contributed by atoms with Crippen molar-refractivity contribution < 1.29 is 0 Å². The zero-order chi connectivity index (χ0) is 29.6.